The van der Waals surface area contributed by atoms with Gasteiger partial charge in [0.25, 0.3) is 5.91 Å². The molecule has 1 aliphatic heterocycles. The van der Waals surface area contributed by atoms with Crippen molar-refractivity contribution in [3.8, 4) is 0 Å². The lowest BCUT2D eigenvalue weighted by Crippen LogP contribution is -2.52. The minimum Gasteiger partial charge on any atom is -0.345 e. The Morgan fingerprint density at radius 1 is 1.19 bits per heavy atom. The molecule has 148 valence electrons. The first-order chi connectivity index (χ1) is 11.9. The van der Waals surface area contributed by atoms with Crippen LogP contribution < -0.4 is 11.1 Å². The first kappa shape index (κ1) is 22.9. The maximum Gasteiger partial charge on any atom is 0.251 e. The molecule has 0 spiro atoms. The highest BCUT2D eigenvalue weighted by Gasteiger charge is 2.29. The summed E-state index contributed by atoms with van der Waals surface area (Å²) < 4.78 is 27.1. The van der Waals surface area contributed by atoms with Crippen LogP contribution in [-0.2, 0) is 10.0 Å². The van der Waals surface area contributed by atoms with Crippen LogP contribution in [0, 0.1) is 0 Å². The van der Waals surface area contributed by atoms with Gasteiger partial charge in [-0.3, -0.25) is 4.79 Å². The van der Waals surface area contributed by atoms with E-state index in [1.54, 1.807) is 18.2 Å². The van der Waals surface area contributed by atoms with E-state index in [1.165, 1.54) is 10.4 Å². The van der Waals surface area contributed by atoms with E-state index in [0.717, 1.165) is 32.1 Å². The maximum absolute atomic E-state index is 12.8. The average Bonchev–Trinajstić information content (AvgIpc) is 2.67. The molecule has 1 aromatic rings. The highest BCUT2D eigenvalue weighted by Crippen LogP contribution is 2.22. The number of sulfonamides is 1. The normalized spacial score (nSPS) is 16.0. The molecule has 1 amide bonds. The van der Waals surface area contributed by atoms with Crippen molar-refractivity contribution < 1.29 is 13.2 Å². The number of nitrogens with zero attached hydrogens (tertiary/aromatic N) is 1. The first-order valence-corrected chi connectivity index (χ1v) is 10.5. The molecule has 1 fully saturated rings. The average molecular weight is 404 g/mol. The van der Waals surface area contributed by atoms with Crippen molar-refractivity contribution in [3.63, 3.8) is 0 Å². The maximum atomic E-state index is 12.8. The number of amides is 1. The van der Waals surface area contributed by atoms with E-state index in [9.17, 15) is 13.2 Å². The number of nitrogens with one attached hydrogen (secondary N) is 1. The Morgan fingerprint density at radius 2 is 1.81 bits per heavy atom. The minimum atomic E-state index is -3.55. The molecule has 26 heavy (non-hydrogen) atoms. The Balaban J connectivity index is 0.00000338. The molecule has 0 aliphatic carbocycles. The van der Waals surface area contributed by atoms with Gasteiger partial charge in [-0.1, -0.05) is 26.3 Å². The van der Waals surface area contributed by atoms with E-state index in [4.69, 9.17) is 5.73 Å². The van der Waals surface area contributed by atoms with Gasteiger partial charge in [0.1, 0.15) is 0 Å². The fraction of sp³-hybridized carbons (Fsp3) is 0.611. The van der Waals surface area contributed by atoms with Gasteiger partial charge in [-0.05, 0) is 43.9 Å². The van der Waals surface area contributed by atoms with E-state index in [0.29, 0.717) is 25.2 Å². The molecular formula is C18H30ClN3O3S. The molecule has 0 bridgehead atoms. The van der Waals surface area contributed by atoms with Crippen molar-refractivity contribution >= 4 is 28.3 Å². The van der Waals surface area contributed by atoms with Gasteiger partial charge in [0.05, 0.1) is 10.4 Å². The van der Waals surface area contributed by atoms with Crippen LogP contribution in [0.3, 0.4) is 0 Å². The second-order valence-corrected chi connectivity index (χ2v) is 8.58. The quantitative estimate of drug-likeness (QED) is 0.731. The number of hydrogen-bond donors (Lipinski definition) is 2. The summed E-state index contributed by atoms with van der Waals surface area (Å²) in [5.74, 6) is -0.287. The van der Waals surface area contributed by atoms with Crippen molar-refractivity contribution in [2.75, 3.05) is 19.6 Å². The van der Waals surface area contributed by atoms with E-state index in [-0.39, 0.29) is 23.2 Å². The van der Waals surface area contributed by atoms with Crippen molar-refractivity contribution in [1.29, 1.82) is 0 Å². The number of carbonyl (C=O) groups excluding carboxylic acids is 1. The number of piperidine rings is 1. The number of rotatable bonds is 7. The van der Waals surface area contributed by atoms with E-state index < -0.39 is 15.6 Å². The van der Waals surface area contributed by atoms with Crippen molar-refractivity contribution in [3.05, 3.63) is 29.8 Å². The Hall–Kier alpha value is -1.15. The summed E-state index contributed by atoms with van der Waals surface area (Å²) >= 11 is 0. The Morgan fingerprint density at radius 3 is 2.35 bits per heavy atom. The molecule has 1 heterocycles. The van der Waals surface area contributed by atoms with Gasteiger partial charge in [-0.2, -0.15) is 4.31 Å². The summed E-state index contributed by atoms with van der Waals surface area (Å²) in [4.78, 5) is 12.8. The zero-order valence-electron chi connectivity index (χ0n) is 15.5. The molecule has 1 aromatic carbocycles. The molecule has 8 heteroatoms. The van der Waals surface area contributed by atoms with Crippen molar-refractivity contribution in [1.82, 2.24) is 9.62 Å². The highest BCUT2D eigenvalue weighted by atomic mass is 35.5. The van der Waals surface area contributed by atoms with Crippen LogP contribution in [-0.4, -0.2) is 43.8 Å². The van der Waals surface area contributed by atoms with Crippen LogP contribution in [0.4, 0.5) is 0 Å². The molecular weight excluding hydrogens is 374 g/mol. The van der Waals surface area contributed by atoms with Crippen LogP contribution in [0.15, 0.2) is 29.2 Å². The Labute approximate surface area is 163 Å². The molecule has 0 radical (unpaired) electrons. The van der Waals surface area contributed by atoms with Crippen LogP contribution in [0.25, 0.3) is 0 Å². The number of hydrogen-bond acceptors (Lipinski definition) is 4. The van der Waals surface area contributed by atoms with Gasteiger partial charge in [-0.15, -0.1) is 12.4 Å². The highest BCUT2D eigenvalue weighted by molar-refractivity contribution is 7.89. The van der Waals surface area contributed by atoms with E-state index >= 15 is 0 Å². The lowest BCUT2D eigenvalue weighted by atomic mass is 9.92. The van der Waals surface area contributed by atoms with Crippen LogP contribution >= 0.6 is 12.4 Å². The molecule has 2 rings (SSSR count). The van der Waals surface area contributed by atoms with E-state index in [1.807, 2.05) is 13.8 Å². The van der Waals surface area contributed by atoms with Crippen LogP contribution in [0.5, 0.6) is 0 Å². The molecule has 0 atom stereocenters. The Bertz CT molecular complexity index is 691. The predicted octanol–water partition coefficient (Wildman–Crippen LogP) is 2.53. The monoisotopic (exact) mass is 403 g/mol. The summed E-state index contributed by atoms with van der Waals surface area (Å²) in [5, 5.41) is 2.98. The van der Waals surface area contributed by atoms with Crippen molar-refractivity contribution in [2.45, 2.75) is 56.4 Å². The third-order valence-corrected chi connectivity index (χ3v) is 7.07. The molecule has 6 nitrogen and oxygen atoms in total. The minimum absolute atomic E-state index is 0. The van der Waals surface area contributed by atoms with Gasteiger partial charge < -0.3 is 11.1 Å². The molecule has 1 saturated heterocycles. The first-order valence-electron chi connectivity index (χ1n) is 9.01. The lowest BCUT2D eigenvalue weighted by Gasteiger charge is -2.31. The van der Waals surface area contributed by atoms with Gasteiger partial charge in [-0.25, -0.2) is 8.42 Å². The fourth-order valence-electron chi connectivity index (χ4n) is 3.13. The van der Waals surface area contributed by atoms with Gasteiger partial charge >= 0.3 is 0 Å². The van der Waals surface area contributed by atoms with Crippen molar-refractivity contribution in [2.24, 2.45) is 5.73 Å². The topological polar surface area (TPSA) is 92.5 Å². The summed E-state index contributed by atoms with van der Waals surface area (Å²) in [7, 11) is -3.55. The molecule has 0 aromatic heterocycles. The van der Waals surface area contributed by atoms with Crippen LogP contribution in [0.1, 0.15) is 56.3 Å². The number of carbonyl (C=O) groups is 1. The van der Waals surface area contributed by atoms with Gasteiger partial charge in [0.15, 0.2) is 0 Å². The molecule has 3 N–H and O–H groups in total. The summed E-state index contributed by atoms with van der Waals surface area (Å²) in [6, 6.07) is 6.27. The third-order valence-electron chi connectivity index (χ3n) is 5.17. The second-order valence-electron chi connectivity index (χ2n) is 6.64. The van der Waals surface area contributed by atoms with Gasteiger partial charge in [0, 0.05) is 25.2 Å². The molecule has 1 aliphatic rings. The Kier molecular flexibility index (Phi) is 8.53. The van der Waals surface area contributed by atoms with Gasteiger partial charge in [0.2, 0.25) is 10.0 Å². The molecule has 0 saturated carbocycles. The van der Waals surface area contributed by atoms with Crippen LogP contribution in [0.2, 0.25) is 0 Å². The van der Waals surface area contributed by atoms with E-state index in [2.05, 4.69) is 5.32 Å². The smallest absolute Gasteiger partial charge is 0.251 e. The molecule has 0 unspecified atom stereocenters. The zero-order valence-corrected chi connectivity index (χ0v) is 17.2. The summed E-state index contributed by atoms with van der Waals surface area (Å²) in [5.41, 5.74) is 5.72. The number of halogens is 1. The summed E-state index contributed by atoms with van der Waals surface area (Å²) in [6.07, 6.45) is 4.26. The SMILES string of the molecule is CCC(CC)(CN)NC(=O)c1cccc(S(=O)(=O)N2CCCCC2)c1.Cl. The third kappa shape index (κ3) is 4.97. The lowest BCUT2D eigenvalue weighted by molar-refractivity contribution is 0.0895. The summed E-state index contributed by atoms with van der Waals surface area (Å²) in [6.45, 7) is 5.39. The standard InChI is InChI=1S/C18H29N3O3S.ClH/c1-3-18(4-2,14-19)20-17(22)15-9-8-10-16(13-15)25(23,24)21-11-6-5-7-12-21;/h8-10,13H,3-7,11-12,14,19H2,1-2H3,(H,20,22);1H. The zero-order chi connectivity index (χ0) is 18.5. The largest absolute Gasteiger partial charge is 0.345 e. The predicted molar refractivity (Wildman–Crippen MR) is 106 cm³/mol. The fourth-order valence-corrected chi connectivity index (χ4v) is 4.70. The number of nitrogens with two attached hydrogens (primary N) is 1. The second kappa shape index (κ2) is 9.69. The number of benzene rings is 1.